The topological polar surface area (TPSA) is 120 Å². The van der Waals surface area contributed by atoms with Crippen LogP contribution < -0.4 is 4.72 Å². The summed E-state index contributed by atoms with van der Waals surface area (Å²) in [6.45, 7) is 6.22. The standard InChI is InChI=1S/C33H33N5O4S2/c1-33(2,3)26-14-20-29(21-15-26)44(41,42)36-30(22-24-10-6-4-7-11-24)31-34-35-32(43-23-25-12-8-5-9-13-25)37(31)27-16-18-28(19-17-27)38(39)40/h4-21,30,36H,22-23H2,1-3H3/t30-/m0/s1. The molecule has 4 aromatic carbocycles. The van der Waals surface area contributed by atoms with Gasteiger partial charge in [-0.25, -0.2) is 13.1 Å². The molecule has 226 valence electrons. The molecule has 5 rings (SSSR count). The molecule has 0 amide bonds. The van der Waals surface area contributed by atoms with Crippen molar-refractivity contribution in [3.05, 3.63) is 142 Å². The van der Waals surface area contributed by atoms with Crippen molar-refractivity contribution in [2.24, 2.45) is 0 Å². The molecule has 0 spiro atoms. The third kappa shape index (κ3) is 7.42. The molecule has 0 unspecified atom stereocenters. The van der Waals surface area contributed by atoms with Crippen LogP contribution in [0, 0.1) is 10.1 Å². The van der Waals surface area contributed by atoms with E-state index in [1.54, 1.807) is 28.8 Å². The second-order valence-corrected chi connectivity index (χ2v) is 14.0. The van der Waals surface area contributed by atoms with E-state index in [0.717, 1.165) is 16.7 Å². The maximum atomic E-state index is 13.8. The number of hydrogen-bond donors (Lipinski definition) is 1. The summed E-state index contributed by atoms with van der Waals surface area (Å²) >= 11 is 1.45. The molecule has 0 aliphatic carbocycles. The van der Waals surface area contributed by atoms with Crippen molar-refractivity contribution in [2.45, 2.75) is 54.5 Å². The van der Waals surface area contributed by atoms with Gasteiger partial charge >= 0.3 is 0 Å². The quantitative estimate of drug-likeness (QED) is 0.0949. The minimum absolute atomic E-state index is 0.0536. The molecule has 0 fully saturated rings. The number of nitro groups is 1. The number of aromatic nitrogens is 3. The molecule has 44 heavy (non-hydrogen) atoms. The SMILES string of the molecule is CC(C)(C)c1ccc(S(=O)(=O)N[C@@H](Cc2ccccc2)c2nnc(SCc3ccccc3)n2-c2ccc([N+](=O)[O-])cc2)cc1. The van der Waals surface area contributed by atoms with E-state index in [4.69, 9.17) is 0 Å². The number of non-ortho nitro benzene ring substituents is 1. The number of sulfonamides is 1. The van der Waals surface area contributed by atoms with Crippen molar-refractivity contribution in [1.29, 1.82) is 0 Å². The van der Waals surface area contributed by atoms with Gasteiger partial charge in [0.25, 0.3) is 5.69 Å². The molecule has 1 N–H and O–H groups in total. The first-order valence-corrected chi connectivity index (χ1v) is 16.5. The minimum Gasteiger partial charge on any atom is -0.273 e. The summed E-state index contributed by atoms with van der Waals surface area (Å²) in [6.07, 6.45) is 0.300. The van der Waals surface area contributed by atoms with Gasteiger partial charge in [-0.2, -0.15) is 0 Å². The van der Waals surface area contributed by atoms with Crippen LogP contribution in [0.2, 0.25) is 0 Å². The summed E-state index contributed by atoms with van der Waals surface area (Å²) in [5.41, 5.74) is 3.41. The molecule has 11 heteroatoms. The first-order chi connectivity index (χ1) is 21.0. The van der Waals surface area contributed by atoms with E-state index in [2.05, 4.69) is 35.7 Å². The highest BCUT2D eigenvalue weighted by atomic mass is 32.2. The molecule has 0 saturated carbocycles. The average Bonchev–Trinajstić information content (AvgIpc) is 3.44. The number of rotatable bonds is 11. The van der Waals surface area contributed by atoms with E-state index in [0.29, 0.717) is 28.8 Å². The van der Waals surface area contributed by atoms with E-state index < -0.39 is 21.0 Å². The fourth-order valence-electron chi connectivity index (χ4n) is 4.71. The Balaban J connectivity index is 1.57. The minimum atomic E-state index is -3.98. The number of benzene rings is 4. The lowest BCUT2D eigenvalue weighted by molar-refractivity contribution is -0.384. The summed E-state index contributed by atoms with van der Waals surface area (Å²) in [4.78, 5) is 11.0. The Morgan fingerprint density at radius 3 is 2.00 bits per heavy atom. The van der Waals surface area contributed by atoms with Gasteiger partial charge < -0.3 is 0 Å². The predicted molar refractivity (Wildman–Crippen MR) is 172 cm³/mol. The van der Waals surface area contributed by atoms with Gasteiger partial charge in [0, 0.05) is 23.6 Å². The van der Waals surface area contributed by atoms with E-state index in [-0.39, 0.29) is 16.0 Å². The molecule has 1 atom stereocenters. The largest absolute Gasteiger partial charge is 0.273 e. The van der Waals surface area contributed by atoms with Crippen LogP contribution in [-0.2, 0) is 27.6 Å². The maximum absolute atomic E-state index is 13.8. The Bertz CT molecular complexity index is 1820. The number of nitrogens with one attached hydrogen (secondary N) is 1. The van der Waals surface area contributed by atoms with Crippen LogP contribution in [0.3, 0.4) is 0 Å². The third-order valence-corrected chi connectivity index (χ3v) is 9.60. The molecule has 5 aromatic rings. The van der Waals surface area contributed by atoms with Gasteiger partial charge in [-0.15, -0.1) is 10.2 Å². The highest BCUT2D eigenvalue weighted by molar-refractivity contribution is 7.98. The van der Waals surface area contributed by atoms with Crippen molar-refractivity contribution >= 4 is 27.5 Å². The van der Waals surface area contributed by atoms with Crippen LogP contribution in [0.5, 0.6) is 0 Å². The third-order valence-electron chi connectivity index (χ3n) is 7.11. The van der Waals surface area contributed by atoms with Gasteiger partial charge in [-0.1, -0.05) is 105 Å². The lowest BCUT2D eigenvalue weighted by Gasteiger charge is -2.21. The molecular weight excluding hydrogens is 595 g/mol. The van der Waals surface area contributed by atoms with Crippen LogP contribution in [-0.4, -0.2) is 28.1 Å². The highest BCUT2D eigenvalue weighted by Gasteiger charge is 2.29. The van der Waals surface area contributed by atoms with Gasteiger partial charge in [0.15, 0.2) is 11.0 Å². The number of nitrogens with zero attached hydrogens (tertiary/aromatic N) is 4. The number of nitro benzene ring substituents is 1. The second kappa shape index (κ2) is 13.1. The summed E-state index contributed by atoms with van der Waals surface area (Å²) in [7, 11) is -3.98. The normalized spacial score (nSPS) is 12.6. The Labute approximate surface area is 261 Å². The Morgan fingerprint density at radius 1 is 0.841 bits per heavy atom. The van der Waals surface area contributed by atoms with E-state index in [1.807, 2.05) is 72.8 Å². The van der Waals surface area contributed by atoms with Crippen LogP contribution in [0.1, 0.15) is 49.3 Å². The van der Waals surface area contributed by atoms with Crippen LogP contribution in [0.25, 0.3) is 5.69 Å². The maximum Gasteiger partial charge on any atom is 0.269 e. The smallest absolute Gasteiger partial charge is 0.269 e. The second-order valence-electron chi connectivity index (χ2n) is 11.4. The lowest BCUT2D eigenvalue weighted by atomic mass is 9.87. The lowest BCUT2D eigenvalue weighted by Crippen LogP contribution is -2.32. The van der Waals surface area contributed by atoms with Crippen molar-refractivity contribution in [3.8, 4) is 5.69 Å². The summed E-state index contributed by atoms with van der Waals surface area (Å²) < 4.78 is 32.3. The van der Waals surface area contributed by atoms with Gasteiger partial charge in [0.05, 0.1) is 15.9 Å². The zero-order chi connectivity index (χ0) is 31.3. The zero-order valence-corrected chi connectivity index (χ0v) is 26.3. The molecule has 0 aliphatic rings. The van der Waals surface area contributed by atoms with Crippen LogP contribution in [0.4, 0.5) is 5.69 Å². The molecule has 0 saturated heterocycles. The van der Waals surface area contributed by atoms with Crippen molar-refractivity contribution in [1.82, 2.24) is 19.5 Å². The summed E-state index contributed by atoms with van der Waals surface area (Å²) in [5.74, 6) is 0.967. The zero-order valence-electron chi connectivity index (χ0n) is 24.6. The number of hydrogen-bond acceptors (Lipinski definition) is 7. The Morgan fingerprint density at radius 2 is 1.43 bits per heavy atom. The summed E-state index contributed by atoms with van der Waals surface area (Å²) in [5, 5.41) is 20.9. The van der Waals surface area contributed by atoms with Crippen LogP contribution >= 0.6 is 11.8 Å². The molecule has 0 bridgehead atoms. The Kier molecular flexibility index (Phi) is 9.28. The first-order valence-electron chi connectivity index (χ1n) is 14.0. The van der Waals surface area contributed by atoms with Crippen molar-refractivity contribution < 1.29 is 13.3 Å². The van der Waals surface area contributed by atoms with E-state index in [1.165, 1.54) is 23.9 Å². The number of thioether (sulfide) groups is 1. The highest BCUT2D eigenvalue weighted by Crippen LogP contribution is 2.31. The first kappa shape index (κ1) is 31.1. The van der Waals surface area contributed by atoms with Gasteiger partial charge in [0.1, 0.15) is 0 Å². The molecule has 9 nitrogen and oxygen atoms in total. The average molecular weight is 628 g/mol. The van der Waals surface area contributed by atoms with Crippen LogP contribution in [0.15, 0.2) is 119 Å². The van der Waals surface area contributed by atoms with Gasteiger partial charge in [-0.05, 0) is 52.8 Å². The molecule has 0 aliphatic heterocycles. The fraction of sp³-hybridized carbons (Fsp3) is 0.212. The predicted octanol–water partition coefficient (Wildman–Crippen LogP) is 7.03. The molecular formula is C33H33N5O4S2. The molecule has 0 radical (unpaired) electrons. The van der Waals surface area contributed by atoms with E-state index >= 15 is 0 Å². The van der Waals surface area contributed by atoms with Crippen molar-refractivity contribution in [2.75, 3.05) is 0 Å². The van der Waals surface area contributed by atoms with Gasteiger partial charge in [-0.3, -0.25) is 14.7 Å². The monoisotopic (exact) mass is 627 g/mol. The van der Waals surface area contributed by atoms with Crippen molar-refractivity contribution in [3.63, 3.8) is 0 Å². The Hall–Kier alpha value is -4.32. The van der Waals surface area contributed by atoms with Gasteiger partial charge in [0.2, 0.25) is 10.0 Å². The molecule has 1 aromatic heterocycles. The molecule has 1 heterocycles. The van der Waals surface area contributed by atoms with E-state index in [9.17, 15) is 18.5 Å². The fourth-order valence-corrected chi connectivity index (χ4v) is 6.82. The summed E-state index contributed by atoms with van der Waals surface area (Å²) in [6, 6.07) is 31.6.